The van der Waals surface area contributed by atoms with Crippen LogP contribution in [-0.4, -0.2) is 36.7 Å². The first-order valence-electron chi connectivity index (χ1n) is 11.7. The summed E-state index contributed by atoms with van der Waals surface area (Å²) in [5.41, 5.74) is -0.798. The first-order chi connectivity index (χ1) is 18.6. The number of hydrogen-bond acceptors (Lipinski definition) is 6. The number of rotatable bonds is 4. The summed E-state index contributed by atoms with van der Waals surface area (Å²) in [4.78, 5) is 30.5. The molecule has 6 rings (SSSR count). The molecule has 0 spiro atoms. The lowest BCUT2D eigenvalue weighted by Crippen LogP contribution is -2.23. The van der Waals surface area contributed by atoms with Crippen molar-refractivity contribution in [2.45, 2.75) is 13.1 Å². The normalized spacial score (nSPS) is 12.7. The number of ether oxygens (including phenoxy) is 2. The number of para-hydroxylation sites is 1. The summed E-state index contributed by atoms with van der Waals surface area (Å²) in [6, 6.07) is 15.5. The van der Waals surface area contributed by atoms with Crippen LogP contribution in [0.4, 0.5) is 18.9 Å². The fourth-order valence-electron chi connectivity index (χ4n) is 4.38. The molecule has 198 valence electrons. The number of hydrogen-bond donors (Lipinski definition) is 1. The van der Waals surface area contributed by atoms with Crippen LogP contribution in [0.2, 0.25) is 0 Å². The number of carbonyl (C=O) groups excluding carboxylic acids is 1. The zero-order valence-corrected chi connectivity index (χ0v) is 20.5. The Balaban J connectivity index is 1.40. The summed E-state index contributed by atoms with van der Waals surface area (Å²) < 4.78 is 56.2. The van der Waals surface area contributed by atoms with E-state index in [9.17, 15) is 22.8 Å². The Morgan fingerprint density at radius 2 is 1.77 bits per heavy atom. The molecule has 0 saturated heterocycles. The van der Waals surface area contributed by atoms with Gasteiger partial charge in [-0.25, -0.2) is 14.2 Å². The molecule has 3 aromatic heterocycles. The molecule has 39 heavy (non-hydrogen) atoms. The molecular formula is C26H19F3N6O4. The molecule has 0 saturated carbocycles. The molecule has 4 heterocycles. The van der Waals surface area contributed by atoms with Gasteiger partial charge in [0.2, 0.25) is 6.79 Å². The third kappa shape index (κ3) is 4.07. The van der Waals surface area contributed by atoms with Gasteiger partial charge in [0.15, 0.2) is 28.5 Å². The van der Waals surface area contributed by atoms with E-state index in [1.54, 1.807) is 61.1 Å². The molecule has 1 N–H and O–H groups in total. The fraction of sp³-hybridized carbons (Fsp3) is 0.154. The molecule has 0 radical (unpaired) electrons. The van der Waals surface area contributed by atoms with E-state index in [0.717, 1.165) is 12.1 Å². The molecule has 1 aliphatic heterocycles. The number of fused-ring (bicyclic) bond motifs is 2. The van der Waals surface area contributed by atoms with Crippen LogP contribution >= 0.6 is 0 Å². The SMILES string of the molecule is Cc1c(NC(=O)c2cc3nc(-c4ccc5c(c4)OCO5)cc(C(F)(F)F)n3n2)c(=O)n(-c2ccccc2)n1C. The van der Waals surface area contributed by atoms with Crippen molar-refractivity contribution in [3.63, 3.8) is 0 Å². The lowest BCUT2D eigenvalue weighted by molar-refractivity contribution is -0.142. The van der Waals surface area contributed by atoms with Gasteiger partial charge in [0.1, 0.15) is 5.69 Å². The number of alkyl halides is 3. The van der Waals surface area contributed by atoms with Crippen molar-refractivity contribution in [3.8, 4) is 28.4 Å². The van der Waals surface area contributed by atoms with Crippen molar-refractivity contribution in [3.05, 3.63) is 88.1 Å². The molecular weight excluding hydrogens is 517 g/mol. The third-order valence-electron chi connectivity index (χ3n) is 6.41. The predicted octanol–water partition coefficient (Wildman–Crippen LogP) is 4.19. The molecule has 0 fully saturated rings. The second kappa shape index (κ2) is 8.75. The lowest BCUT2D eigenvalue weighted by atomic mass is 10.1. The van der Waals surface area contributed by atoms with Gasteiger partial charge in [0, 0.05) is 18.7 Å². The van der Waals surface area contributed by atoms with Crippen molar-refractivity contribution in [2.24, 2.45) is 7.05 Å². The summed E-state index contributed by atoms with van der Waals surface area (Å²) in [6.07, 6.45) is -4.80. The molecule has 0 unspecified atom stereocenters. The highest BCUT2D eigenvalue weighted by Gasteiger charge is 2.36. The summed E-state index contributed by atoms with van der Waals surface area (Å²) in [5.74, 6) is 0.00155. The van der Waals surface area contributed by atoms with E-state index in [1.807, 2.05) is 0 Å². The highest BCUT2D eigenvalue weighted by atomic mass is 19.4. The number of nitrogens with zero attached hydrogens (tertiary/aromatic N) is 5. The number of nitrogens with one attached hydrogen (secondary N) is 1. The summed E-state index contributed by atoms with van der Waals surface area (Å²) >= 11 is 0. The number of aromatic nitrogens is 5. The minimum Gasteiger partial charge on any atom is -0.454 e. The first kappa shape index (κ1) is 24.3. The third-order valence-corrected chi connectivity index (χ3v) is 6.41. The van der Waals surface area contributed by atoms with Gasteiger partial charge in [0.05, 0.1) is 17.1 Å². The Kier molecular flexibility index (Phi) is 5.45. The van der Waals surface area contributed by atoms with Crippen molar-refractivity contribution >= 4 is 17.2 Å². The number of benzene rings is 2. The molecule has 0 bridgehead atoms. The Morgan fingerprint density at radius 1 is 1.03 bits per heavy atom. The smallest absolute Gasteiger partial charge is 0.433 e. The fourth-order valence-corrected chi connectivity index (χ4v) is 4.38. The van der Waals surface area contributed by atoms with E-state index in [4.69, 9.17) is 9.47 Å². The monoisotopic (exact) mass is 536 g/mol. The number of halogens is 3. The first-order valence-corrected chi connectivity index (χ1v) is 11.7. The molecule has 10 nitrogen and oxygen atoms in total. The second-order valence-electron chi connectivity index (χ2n) is 8.78. The van der Waals surface area contributed by atoms with Gasteiger partial charge in [0.25, 0.3) is 11.5 Å². The Hall–Kier alpha value is -5.07. The average Bonchev–Trinajstić information content (AvgIpc) is 3.61. The maximum Gasteiger partial charge on any atom is 0.433 e. The Morgan fingerprint density at radius 3 is 2.51 bits per heavy atom. The predicted molar refractivity (Wildman–Crippen MR) is 133 cm³/mol. The van der Waals surface area contributed by atoms with E-state index in [0.29, 0.717) is 33.0 Å². The summed E-state index contributed by atoms with van der Waals surface area (Å²) in [7, 11) is 1.65. The summed E-state index contributed by atoms with van der Waals surface area (Å²) in [6.45, 7) is 1.65. The van der Waals surface area contributed by atoms with Crippen LogP contribution < -0.4 is 20.3 Å². The van der Waals surface area contributed by atoms with Crippen molar-refractivity contribution < 1.29 is 27.4 Å². The zero-order valence-electron chi connectivity index (χ0n) is 20.5. The quantitative estimate of drug-likeness (QED) is 0.369. The van der Waals surface area contributed by atoms with E-state index in [-0.39, 0.29) is 29.5 Å². The minimum atomic E-state index is -4.80. The number of amides is 1. The molecule has 5 aromatic rings. The van der Waals surface area contributed by atoms with Gasteiger partial charge >= 0.3 is 6.18 Å². The zero-order chi connectivity index (χ0) is 27.5. The van der Waals surface area contributed by atoms with Crippen LogP contribution in [0.3, 0.4) is 0 Å². The largest absolute Gasteiger partial charge is 0.454 e. The van der Waals surface area contributed by atoms with Gasteiger partial charge in [-0.3, -0.25) is 14.3 Å². The van der Waals surface area contributed by atoms with Gasteiger partial charge < -0.3 is 14.8 Å². The van der Waals surface area contributed by atoms with Crippen molar-refractivity contribution in [1.82, 2.24) is 24.0 Å². The van der Waals surface area contributed by atoms with Crippen LogP contribution in [0.1, 0.15) is 21.9 Å². The number of anilines is 1. The molecule has 13 heteroatoms. The van der Waals surface area contributed by atoms with E-state index >= 15 is 0 Å². The van der Waals surface area contributed by atoms with Crippen LogP contribution in [-0.2, 0) is 13.2 Å². The van der Waals surface area contributed by atoms with E-state index < -0.39 is 23.3 Å². The summed E-state index contributed by atoms with van der Waals surface area (Å²) in [5, 5.41) is 6.39. The molecule has 0 aliphatic carbocycles. The molecule has 0 atom stereocenters. The van der Waals surface area contributed by atoms with Gasteiger partial charge in [-0.2, -0.15) is 18.3 Å². The van der Waals surface area contributed by atoms with Crippen LogP contribution in [0, 0.1) is 6.92 Å². The van der Waals surface area contributed by atoms with Crippen molar-refractivity contribution in [1.29, 1.82) is 0 Å². The highest BCUT2D eigenvalue weighted by Crippen LogP contribution is 2.37. The van der Waals surface area contributed by atoms with Gasteiger partial charge in [-0.05, 0) is 43.3 Å². The molecule has 1 amide bonds. The maximum absolute atomic E-state index is 14.0. The molecule has 1 aliphatic rings. The Labute approximate surface area is 217 Å². The van der Waals surface area contributed by atoms with Crippen LogP contribution in [0.5, 0.6) is 11.5 Å². The topological polar surface area (TPSA) is 105 Å². The van der Waals surface area contributed by atoms with E-state index in [1.165, 1.54) is 10.7 Å². The molecule has 2 aromatic carbocycles. The average molecular weight is 536 g/mol. The highest BCUT2D eigenvalue weighted by molar-refractivity contribution is 6.03. The van der Waals surface area contributed by atoms with E-state index in [2.05, 4.69) is 15.4 Å². The Bertz CT molecular complexity index is 1820. The van der Waals surface area contributed by atoms with Crippen molar-refractivity contribution in [2.75, 3.05) is 12.1 Å². The van der Waals surface area contributed by atoms with Crippen LogP contribution in [0.15, 0.2) is 65.5 Å². The number of carbonyl (C=O) groups is 1. The van der Waals surface area contributed by atoms with Crippen LogP contribution in [0.25, 0.3) is 22.6 Å². The second-order valence-corrected chi connectivity index (χ2v) is 8.78. The standard InChI is InChI=1S/C26H19F3N6O4/c1-14-23(25(37)35(33(14)2)16-6-4-3-5-7-16)31-24(36)18-12-22-30-17(11-21(26(27,28)29)34(22)32-18)15-8-9-19-20(10-15)39-13-38-19/h3-12H,13H2,1-2H3,(H,31,36). The maximum atomic E-state index is 14.0. The van der Waals surface area contributed by atoms with Gasteiger partial charge in [-0.15, -0.1) is 0 Å². The van der Waals surface area contributed by atoms with Gasteiger partial charge in [-0.1, -0.05) is 18.2 Å². The lowest BCUT2D eigenvalue weighted by Gasteiger charge is -2.11. The minimum absolute atomic E-state index is 0.00429.